The first-order chi connectivity index (χ1) is 14.1. The van der Waals surface area contributed by atoms with Gasteiger partial charge in [0.1, 0.15) is 0 Å². The van der Waals surface area contributed by atoms with E-state index in [0.29, 0.717) is 29.5 Å². The largest absolute Gasteiger partial charge is 0.549 e. The van der Waals surface area contributed by atoms with Crippen LogP contribution in [-0.2, 0) is 16.6 Å². The minimum Gasteiger partial charge on any atom is -0.549 e. The van der Waals surface area contributed by atoms with Crippen molar-refractivity contribution in [3.63, 3.8) is 0 Å². The Morgan fingerprint density at radius 2 is 1.59 bits per heavy atom. The van der Waals surface area contributed by atoms with Crippen molar-refractivity contribution in [1.29, 1.82) is 0 Å². The molecule has 0 saturated heterocycles. The summed E-state index contributed by atoms with van der Waals surface area (Å²) < 4.78 is 0. The Morgan fingerprint density at radius 1 is 0.897 bits per heavy atom. The van der Waals surface area contributed by atoms with Gasteiger partial charge in [-0.2, -0.15) is 0 Å². The van der Waals surface area contributed by atoms with Gasteiger partial charge in [0.05, 0.1) is 5.97 Å². The van der Waals surface area contributed by atoms with Gasteiger partial charge in [0, 0.05) is 16.5 Å². The standard InChI is InChI=1S/C26H32O3/c1-2-3-4-5-6-10-20-13-15-21(16-14-20)24(27)22-11-9-12-23(19-22)26(25(28)29)17-7-8-18-26/h9,11-16,19H,2-8,10,17-18H2,1H3,(H,28,29)/p-1. The van der Waals surface area contributed by atoms with E-state index >= 15 is 0 Å². The second kappa shape index (κ2) is 9.87. The summed E-state index contributed by atoms with van der Waals surface area (Å²) >= 11 is 0. The number of benzene rings is 2. The fourth-order valence-electron chi connectivity index (χ4n) is 4.47. The summed E-state index contributed by atoms with van der Waals surface area (Å²) in [6, 6.07) is 15.0. The van der Waals surface area contributed by atoms with Gasteiger partial charge in [-0.25, -0.2) is 0 Å². The van der Waals surface area contributed by atoms with Crippen LogP contribution < -0.4 is 5.11 Å². The number of hydrogen-bond donors (Lipinski definition) is 0. The molecule has 0 N–H and O–H groups in total. The first-order valence-electron chi connectivity index (χ1n) is 11.0. The number of aryl methyl sites for hydroxylation is 1. The Labute approximate surface area is 174 Å². The van der Waals surface area contributed by atoms with Crippen molar-refractivity contribution in [2.45, 2.75) is 76.5 Å². The minimum atomic E-state index is -1.03. The zero-order valence-electron chi connectivity index (χ0n) is 17.4. The molecule has 2 aromatic carbocycles. The highest BCUT2D eigenvalue weighted by molar-refractivity contribution is 6.09. The molecule has 0 aromatic heterocycles. The summed E-state index contributed by atoms with van der Waals surface area (Å²) in [6.07, 6.45) is 10.2. The molecular formula is C26H31O3-. The van der Waals surface area contributed by atoms with E-state index in [1.165, 1.54) is 37.7 Å². The lowest BCUT2D eigenvalue weighted by Crippen LogP contribution is -2.44. The Hall–Kier alpha value is -2.42. The molecule has 29 heavy (non-hydrogen) atoms. The van der Waals surface area contributed by atoms with Crippen LogP contribution in [0.25, 0.3) is 0 Å². The van der Waals surface area contributed by atoms with Crippen LogP contribution in [0.5, 0.6) is 0 Å². The van der Waals surface area contributed by atoms with Gasteiger partial charge < -0.3 is 9.90 Å². The molecule has 3 heteroatoms. The fraction of sp³-hybridized carbons (Fsp3) is 0.462. The number of aliphatic carboxylic acids is 1. The molecule has 0 spiro atoms. The van der Waals surface area contributed by atoms with E-state index in [2.05, 4.69) is 6.92 Å². The van der Waals surface area contributed by atoms with Gasteiger partial charge in [0.25, 0.3) is 0 Å². The minimum absolute atomic E-state index is 0.0622. The van der Waals surface area contributed by atoms with Crippen LogP contribution in [0.2, 0.25) is 0 Å². The lowest BCUT2D eigenvalue weighted by molar-refractivity contribution is -0.313. The number of carboxylic acid groups (broad SMARTS) is 1. The highest BCUT2D eigenvalue weighted by Gasteiger charge is 2.37. The second-order valence-electron chi connectivity index (χ2n) is 8.35. The second-order valence-corrected chi connectivity index (χ2v) is 8.35. The topological polar surface area (TPSA) is 57.2 Å². The van der Waals surface area contributed by atoms with E-state index in [4.69, 9.17) is 0 Å². The van der Waals surface area contributed by atoms with Crippen LogP contribution in [0.3, 0.4) is 0 Å². The number of carbonyl (C=O) groups is 2. The number of carboxylic acids is 1. The zero-order valence-corrected chi connectivity index (χ0v) is 17.4. The Balaban J connectivity index is 1.70. The molecule has 0 radical (unpaired) electrons. The van der Waals surface area contributed by atoms with Crippen LogP contribution in [0, 0.1) is 0 Å². The molecule has 3 nitrogen and oxygen atoms in total. The predicted octanol–water partition coefficient (Wildman–Crippen LogP) is 4.99. The number of carbonyl (C=O) groups excluding carboxylic acids is 2. The summed E-state index contributed by atoms with van der Waals surface area (Å²) in [4.78, 5) is 24.8. The van der Waals surface area contributed by atoms with Gasteiger partial charge in [0.15, 0.2) is 5.78 Å². The van der Waals surface area contributed by atoms with Gasteiger partial charge in [-0.15, -0.1) is 0 Å². The normalized spacial score (nSPS) is 15.3. The molecule has 3 rings (SSSR count). The van der Waals surface area contributed by atoms with Crippen LogP contribution in [0.4, 0.5) is 0 Å². The SMILES string of the molecule is CCCCCCCc1ccc(C(=O)c2cccc(C3(C(=O)[O-])CCCC3)c2)cc1. The number of hydrogen-bond acceptors (Lipinski definition) is 3. The molecule has 1 saturated carbocycles. The monoisotopic (exact) mass is 391 g/mol. The van der Waals surface area contributed by atoms with Crippen molar-refractivity contribution >= 4 is 11.8 Å². The number of ketones is 1. The van der Waals surface area contributed by atoms with Gasteiger partial charge in [0.2, 0.25) is 0 Å². The van der Waals surface area contributed by atoms with Crippen LogP contribution >= 0.6 is 0 Å². The summed E-state index contributed by atoms with van der Waals surface area (Å²) in [5, 5.41) is 11.9. The van der Waals surface area contributed by atoms with Crippen molar-refractivity contribution in [3.8, 4) is 0 Å². The molecule has 0 bridgehead atoms. The molecular weight excluding hydrogens is 360 g/mol. The highest BCUT2D eigenvalue weighted by Crippen LogP contribution is 2.41. The smallest absolute Gasteiger partial charge is 0.193 e. The average Bonchev–Trinajstić information content (AvgIpc) is 3.25. The molecule has 1 fully saturated rings. The first kappa shape index (κ1) is 21.3. The molecule has 1 aliphatic carbocycles. The third-order valence-corrected chi connectivity index (χ3v) is 6.31. The molecule has 1 aliphatic rings. The lowest BCUT2D eigenvalue weighted by Gasteiger charge is -2.31. The Kier molecular flexibility index (Phi) is 7.24. The maximum absolute atomic E-state index is 13.0. The van der Waals surface area contributed by atoms with Crippen molar-refractivity contribution in [3.05, 3.63) is 70.8 Å². The first-order valence-corrected chi connectivity index (χ1v) is 11.0. The zero-order chi connectivity index (χ0) is 20.7. The number of unbranched alkanes of at least 4 members (excludes halogenated alkanes) is 4. The van der Waals surface area contributed by atoms with Gasteiger partial charge in [-0.05, 0) is 42.9 Å². The summed E-state index contributed by atoms with van der Waals surface area (Å²) in [5.41, 5.74) is 2.20. The fourth-order valence-corrected chi connectivity index (χ4v) is 4.47. The molecule has 154 valence electrons. The molecule has 0 aliphatic heterocycles. The van der Waals surface area contributed by atoms with Crippen LogP contribution in [0.1, 0.15) is 91.8 Å². The van der Waals surface area contributed by atoms with Crippen molar-refractivity contribution < 1.29 is 14.7 Å². The maximum Gasteiger partial charge on any atom is 0.193 e. The van der Waals surface area contributed by atoms with Crippen molar-refractivity contribution in [2.24, 2.45) is 0 Å². The Bertz CT molecular complexity index is 829. The summed E-state index contributed by atoms with van der Waals surface area (Å²) in [5.74, 6) is -1.09. The lowest BCUT2D eigenvalue weighted by atomic mass is 9.78. The molecule has 0 unspecified atom stereocenters. The quantitative estimate of drug-likeness (QED) is 0.423. The predicted molar refractivity (Wildman–Crippen MR) is 114 cm³/mol. The maximum atomic E-state index is 13.0. The average molecular weight is 392 g/mol. The van der Waals surface area contributed by atoms with E-state index < -0.39 is 11.4 Å². The highest BCUT2D eigenvalue weighted by atomic mass is 16.4. The summed E-state index contributed by atoms with van der Waals surface area (Å²) in [7, 11) is 0. The summed E-state index contributed by atoms with van der Waals surface area (Å²) in [6.45, 7) is 2.22. The van der Waals surface area contributed by atoms with Crippen molar-refractivity contribution in [1.82, 2.24) is 0 Å². The van der Waals surface area contributed by atoms with Crippen LogP contribution in [0.15, 0.2) is 48.5 Å². The third-order valence-electron chi connectivity index (χ3n) is 6.31. The molecule has 2 aromatic rings. The molecule has 0 heterocycles. The number of rotatable bonds is 10. The van der Waals surface area contributed by atoms with E-state index in [9.17, 15) is 14.7 Å². The molecule has 0 amide bonds. The van der Waals surface area contributed by atoms with Gasteiger partial charge in [-0.3, -0.25) is 4.79 Å². The van der Waals surface area contributed by atoms with E-state index in [1.54, 1.807) is 18.2 Å². The Morgan fingerprint density at radius 3 is 2.24 bits per heavy atom. The van der Waals surface area contributed by atoms with Gasteiger partial charge >= 0.3 is 0 Å². The van der Waals surface area contributed by atoms with Crippen molar-refractivity contribution in [2.75, 3.05) is 0 Å². The van der Waals surface area contributed by atoms with Crippen LogP contribution in [-0.4, -0.2) is 11.8 Å². The molecule has 0 atom stereocenters. The van der Waals surface area contributed by atoms with E-state index in [1.807, 2.05) is 30.3 Å². The van der Waals surface area contributed by atoms with E-state index in [0.717, 1.165) is 19.3 Å². The third kappa shape index (κ3) is 4.95. The van der Waals surface area contributed by atoms with Gasteiger partial charge in [-0.1, -0.05) is 87.9 Å². The van der Waals surface area contributed by atoms with E-state index in [-0.39, 0.29) is 5.78 Å².